The van der Waals surface area contributed by atoms with E-state index in [-0.39, 0.29) is 64.2 Å². The monoisotopic (exact) mass is 2250 g/mol. The highest BCUT2D eigenvalue weighted by molar-refractivity contribution is 8.89. The molecular formula is C73H98Cl13N3O27P4S7. The van der Waals surface area contributed by atoms with Crippen LogP contribution in [0.15, 0.2) is 81.3 Å². The number of amides is 1. The molecule has 4 aliphatic heterocycles. The lowest BCUT2D eigenvalue weighted by Gasteiger charge is -2.37. The molecule has 3 fully saturated rings. The number of fused-ring (bicyclic) bond motifs is 11. The number of phosphoric ester groups is 1. The number of ketones is 1. The maximum Gasteiger partial charge on any atom is 0.529 e. The number of hydrogen-bond donors (Lipinski definition) is 2. The Labute approximate surface area is 831 Å². The molecule has 0 spiro atoms. The summed E-state index contributed by atoms with van der Waals surface area (Å²) in [5.41, 5.74) is 1.69. The molecule has 6 unspecified atom stereocenters. The number of carboxylic acids is 1. The van der Waals surface area contributed by atoms with Crippen molar-refractivity contribution < 1.29 is 120 Å². The Kier molecular flexibility index (Phi) is 50.7. The minimum atomic E-state index is -3.58. The standard InChI is InChI=1S/C23H22O6.C10H11ClO3.C9H6Cl6O3S.C8H19O2PS2.C7H13O6P.C6H6Cl6.C6H11N2O4PS3.C4H10NO3PS/c1-11(2)16-8-14-15(28-16)6-5-12-22(24)21-13-7-18(25-3)19(26-4)9-17(13)27-10-20(21)29-23(12)14;1-6-5-8(11)3-4-9(6)14-7(2)10(12)13;10-5-6(11)8(13)4-2-18-19(16)17-1-3(4)7(5,12)9(8,14)15;1-4-7-12-11(9,10-6-3)13-8-5-2;1-6(5-7(8)10-2)13-14(9,11-3)12-4;7-1-2(8)4(10)6(12)5(11)3(1)9;1-10-5-7-8(6(9)16-5)4-15-13(14,11-2)12-3;1-4(6)5-9(7,8-2)10-3/h5-7,9,16,20-21H,1,8,10H2,2-4H3;3-5,7H,1-2H3,(H,12,13);3-4H,1-2H2;4-8H2,1-3H3;5H,1-4H3;1-6H;4H2,1-3H3;1-3H3,(H,5,6,7)/b;;;;6-5+;;;/t16-,20-,21+;;;;;1-,2-,3-,4+,5+,6+;;/m1......./s1. The van der Waals surface area contributed by atoms with Crippen LogP contribution in [0.1, 0.15) is 94.3 Å². The summed E-state index contributed by atoms with van der Waals surface area (Å²) < 4.78 is 133. The third kappa shape index (κ3) is 31.3. The highest BCUT2D eigenvalue weighted by Gasteiger charge is 2.82. The van der Waals surface area contributed by atoms with Crippen LogP contribution in [-0.2, 0) is 108 Å². The van der Waals surface area contributed by atoms with Crippen LogP contribution < -0.4 is 43.1 Å². The van der Waals surface area contributed by atoms with Crippen molar-refractivity contribution in [1.29, 1.82) is 0 Å². The van der Waals surface area contributed by atoms with Crippen LogP contribution in [0.3, 0.4) is 0 Å². The summed E-state index contributed by atoms with van der Waals surface area (Å²) in [5, 5.41) is 13.3. The molecule has 1 saturated heterocycles. The zero-order valence-electron chi connectivity index (χ0n) is 71.3. The van der Waals surface area contributed by atoms with E-state index < -0.39 is 126 Å². The minimum absolute atomic E-state index is 0.0107. The van der Waals surface area contributed by atoms with Gasteiger partial charge in [-0.25, -0.2) is 18.8 Å². The molecule has 2 bridgehead atoms. The summed E-state index contributed by atoms with van der Waals surface area (Å²) in [5.74, 6) is 0.179. The molecule has 11 rings (SSSR count). The minimum Gasteiger partial charge on any atom is -0.493 e. The Morgan fingerprint density at radius 3 is 1.69 bits per heavy atom. The highest BCUT2D eigenvalue weighted by atomic mass is 35.5. The molecule has 2 saturated carbocycles. The molecule has 7 aliphatic rings. The van der Waals surface area contributed by atoms with Gasteiger partial charge < -0.3 is 65.6 Å². The van der Waals surface area contributed by atoms with Crippen LogP contribution in [0.2, 0.25) is 5.02 Å². The number of aliphatic carboxylic acids is 1. The molecule has 3 aromatic carbocycles. The summed E-state index contributed by atoms with van der Waals surface area (Å²) in [7, 11) is 8.87. The number of carbonyl (C=O) groups excluding carboxylic acids is 3. The highest BCUT2D eigenvalue weighted by Crippen LogP contribution is 2.77. The Morgan fingerprint density at radius 2 is 1.27 bits per heavy atom. The van der Waals surface area contributed by atoms with Crippen LogP contribution in [0, 0.1) is 18.8 Å². The fourth-order valence-electron chi connectivity index (χ4n) is 11.7. The van der Waals surface area contributed by atoms with Gasteiger partial charge >= 0.3 is 48.5 Å². The SMILES string of the molecule is C=C(C)[C@H]1Cc2c(ccc3c2O[C@@H]2COc4cc(OC)c(OC)cc4[C@@H]2C3=O)O1.CCCSP(=O)(OCC)SCCC.COC(=O)/C=C(\C)OP(=O)(OC)OC.COP(=O)(NC(C)=O)SC.COc1nn(CSP(=S)(OC)OC)c(=O)s1.Cc1cc(Cl)ccc1OC(C)C(=O)O.Cl[C@H]1[C@H](Cl)[C@@H](Cl)[C@@H](Cl)[C@H](Cl)[C@H]1Cl.O=S1OCC2C(CO1)C1(Cl)C(Cl)=C(Cl)C2(Cl)C1(Cl)Cl. The number of nitrogens with zero attached hydrogens (tertiary/aromatic N) is 2. The lowest BCUT2D eigenvalue weighted by Crippen LogP contribution is -2.52. The number of allylic oxidation sites excluding steroid dienone is 3. The van der Waals surface area contributed by atoms with Crippen LogP contribution in [-0.4, -0.2) is 216 Å². The summed E-state index contributed by atoms with van der Waals surface area (Å²) in [6, 6.07) is 12.3. The first-order valence-corrected chi connectivity index (χ1v) is 58.2. The first kappa shape index (κ1) is 118. The molecule has 54 heteroatoms. The molecule has 1 amide bonds. The van der Waals surface area contributed by atoms with Gasteiger partial charge in [-0.1, -0.05) is 113 Å². The van der Waals surface area contributed by atoms with E-state index in [4.69, 9.17) is 227 Å². The number of hydrogen-bond acceptors (Lipinski definition) is 33. The van der Waals surface area contributed by atoms with Gasteiger partial charge in [0.1, 0.15) is 63.2 Å². The van der Waals surface area contributed by atoms with Crippen molar-refractivity contribution in [3.8, 4) is 39.7 Å². The summed E-state index contributed by atoms with van der Waals surface area (Å²) in [6.45, 7) is 16.0. The average molecular weight is 2260 g/mol. The number of benzene rings is 3. The van der Waals surface area contributed by atoms with Crippen LogP contribution >= 0.6 is 234 Å². The lowest BCUT2D eigenvalue weighted by atomic mass is 9.81. The van der Waals surface area contributed by atoms with Gasteiger partial charge in [-0.05, 0) is 136 Å². The lowest BCUT2D eigenvalue weighted by molar-refractivity contribution is -0.144. The van der Waals surface area contributed by atoms with E-state index in [1.165, 1.54) is 109 Å². The molecule has 2 N–H and O–H groups in total. The smallest absolute Gasteiger partial charge is 0.493 e. The van der Waals surface area contributed by atoms with Gasteiger partial charge in [0.25, 0.3) is 5.19 Å². The van der Waals surface area contributed by atoms with E-state index in [0.29, 0.717) is 57.6 Å². The Balaban J connectivity index is 0.000000312. The normalized spacial score (nSPS) is 25.1. The summed E-state index contributed by atoms with van der Waals surface area (Å²) in [4.78, 5) is 53.6. The molecule has 3 aliphatic carbocycles. The molecule has 9 atom stereocenters. The number of rotatable bonds is 28. The zero-order valence-corrected chi connectivity index (χ0v) is 90.5. The molecule has 5 heterocycles. The first-order valence-electron chi connectivity index (χ1n) is 37.2. The Morgan fingerprint density at radius 1 is 0.740 bits per heavy atom. The van der Waals surface area contributed by atoms with Crippen molar-refractivity contribution in [3.63, 3.8) is 0 Å². The molecule has 1 aromatic heterocycles. The van der Waals surface area contributed by atoms with Gasteiger partial charge in [-0.3, -0.25) is 46.0 Å². The fraction of sp³-hybridized carbons (Fsp3) is 0.589. The van der Waals surface area contributed by atoms with E-state index in [9.17, 15) is 41.9 Å². The largest absolute Gasteiger partial charge is 0.529 e. The number of ether oxygens (including phenoxy) is 8. The maximum atomic E-state index is 13.5. The first-order chi connectivity index (χ1) is 59.4. The summed E-state index contributed by atoms with van der Waals surface area (Å²) >= 11 is 88.7. The van der Waals surface area contributed by atoms with Gasteiger partial charge in [0.05, 0.1) is 108 Å². The van der Waals surface area contributed by atoms with Gasteiger partial charge in [0.2, 0.25) is 11.6 Å². The average Bonchev–Trinajstić information content (AvgIpc) is 1.48. The van der Waals surface area contributed by atoms with Gasteiger partial charge in [0.15, 0.2) is 27.7 Å². The van der Waals surface area contributed by atoms with Crippen LogP contribution in [0.25, 0.3) is 0 Å². The number of aryl methyl sites for hydroxylation is 1. The van der Waals surface area contributed by atoms with Gasteiger partial charge in [-0.2, -0.15) is 4.21 Å². The summed E-state index contributed by atoms with van der Waals surface area (Å²) in [6.07, 6.45) is 4.05. The van der Waals surface area contributed by atoms with E-state index >= 15 is 0 Å². The Bertz CT molecular complexity index is 4640. The molecule has 720 valence electrons. The van der Waals surface area contributed by atoms with Crippen molar-refractivity contribution >= 4 is 280 Å². The molecule has 4 aromatic rings. The number of methoxy groups -OCH3 is 4. The van der Waals surface area contributed by atoms with Crippen molar-refractivity contribution in [2.24, 2.45) is 11.8 Å². The van der Waals surface area contributed by atoms with Crippen molar-refractivity contribution in [2.75, 3.05) is 108 Å². The second-order valence-electron chi connectivity index (χ2n) is 26.6. The topological polar surface area (TPSA) is 361 Å². The quantitative estimate of drug-likeness (QED) is 0.0133. The predicted molar refractivity (Wildman–Crippen MR) is 519 cm³/mol. The number of aromatic nitrogens is 2. The third-order valence-electron chi connectivity index (χ3n) is 18.2. The zero-order chi connectivity index (χ0) is 96.4. The maximum absolute atomic E-state index is 13.5. The number of halogens is 13. The van der Waals surface area contributed by atoms with E-state index in [1.54, 1.807) is 50.8 Å². The third-order valence-corrected chi connectivity index (χ3v) is 46.9. The van der Waals surface area contributed by atoms with E-state index in [1.807, 2.05) is 32.9 Å². The number of nitrogens with one attached hydrogen (secondary N) is 1. The van der Waals surface area contributed by atoms with Crippen molar-refractivity contribution in [3.05, 3.63) is 113 Å². The van der Waals surface area contributed by atoms with Gasteiger partial charge in [0, 0.05) is 94.5 Å². The van der Waals surface area contributed by atoms with E-state index in [2.05, 4.69) is 48.9 Å². The van der Waals surface area contributed by atoms with Crippen molar-refractivity contribution in [2.45, 2.75) is 151 Å². The number of alkyl halides is 10. The molecule has 30 nitrogen and oxygen atoms in total. The van der Waals surface area contributed by atoms with Crippen LogP contribution in [0.5, 0.6) is 39.7 Å². The predicted octanol–water partition coefficient (Wildman–Crippen LogP) is 22.2. The Hall–Kier alpha value is -0.940. The number of carboxylic acid groups (broad SMARTS) is 1. The second-order valence-corrected chi connectivity index (χ2v) is 55.5. The van der Waals surface area contributed by atoms with E-state index in [0.717, 1.165) is 81.2 Å². The van der Waals surface area contributed by atoms with Crippen LogP contribution in [0.4, 0.5) is 0 Å². The van der Waals surface area contributed by atoms with Crippen molar-refractivity contribution in [1.82, 2.24) is 14.9 Å². The molecule has 127 heavy (non-hydrogen) atoms. The van der Waals surface area contributed by atoms with Gasteiger partial charge in [-0.15, -0.1) is 97.9 Å². The number of esters is 1. The second kappa shape index (κ2) is 54.4. The molecule has 0 radical (unpaired) electrons. The number of carbonyl (C=O) groups is 4. The molecular weight excluding hydrogens is 2160 g/mol. The number of phosphoric acid groups is 1. The fourth-order valence-corrected chi connectivity index (χ4v) is 30.8. The number of Topliss-reactive ketones (excluding diaryl/α,β-unsaturated/α-hetero) is 1.